The third-order valence-electron chi connectivity index (χ3n) is 3.88. The molecule has 1 saturated carbocycles. The van der Waals surface area contributed by atoms with Crippen LogP contribution >= 0.6 is 0 Å². The summed E-state index contributed by atoms with van der Waals surface area (Å²) in [6, 6.07) is 10.6. The molecule has 1 aliphatic carbocycles. The third-order valence-corrected chi connectivity index (χ3v) is 3.88. The molecule has 2 fully saturated rings. The number of rotatable bonds is 2. The lowest BCUT2D eigenvalue weighted by Gasteiger charge is -2.16. The van der Waals surface area contributed by atoms with E-state index in [9.17, 15) is 4.79 Å². The van der Waals surface area contributed by atoms with E-state index in [-0.39, 0.29) is 0 Å². The van der Waals surface area contributed by atoms with E-state index in [1.165, 1.54) is 5.56 Å². The number of fused-ring (bicyclic) bond motifs is 1. The minimum atomic E-state index is 0.481. The van der Waals surface area contributed by atoms with Gasteiger partial charge in [-0.25, -0.2) is 0 Å². The van der Waals surface area contributed by atoms with E-state index in [1.807, 2.05) is 0 Å². The normalized spacial score (nSPS) is 29.6. The van der Waals surface area contributed by atoms with E-state index < -0.39 is 0 Å². The highest BCUT2D eigenvalue weighted by atomic mass is 16.1. The summed E-state index contributed by atoms with van der Waals surface area (Å²) < 4.78 is 0. The van der Waals surface area contributed by atoms with Crippen LogP contribution in [-0.4, -0.2) is 23.8 Å². The molecule has 1 aromatic rings. The first kappa shape index (κ1) is 10.0. The average molecular weight is 215 g/mol. The molecule has 84 valence electrons. The average Bonchev–Trinajstić information content (AvgIpc) is 2.76. The first-order chi connectivity index (χ1) is 7.81. The Bertz CT molecular complexity index is 371. The summed E-state index contributed by atoms with van der Waals surface area (Å²) >= 11 is 0. The lowest BCUT2D eigenvalue weighted by molar-refractivity contribution is -0.118. The van der Waals surface area contributed by atoms with Crippen molar-refractivity contribution in [1.29, 1.82) is 0 Å². The predicted octanol–water partition coefficient (Wildman–Crippen LogP) is 2.10. The Hall–Kier alpha value is -1.15. The highest BCUT2D eigenvalue weighted by Crippen LogP contribution is 2.36. The van der Waals surface area contributed by atoms with Crippen molar-refractivity contribution in [3.63, 3.8) is 0 Å². The smallest absolute Gasteiger partial charge is 0.133 e. The number of likely N-dealkylation sites (tertiary alicyclic amines) is 1. The van der Waals surface area contributed by atoms with Gasteiger partial charge in [0.1, 0.15) is 5.78 Å². The molecule has 0 N–H and O–H groups in total. The molecule has 0 spiro atoms. The number of hydrogen-bond donors (Lipinski definition) is 0. The summed E-state index contributed by atoms with van der Waals surface area (Å²) in [5.74, 6) is 1.78. The SMILES string of the molecule is O=C1CC2CN(Cc3ccccc3)CC2C1. The zero-order valence-corrected chi connectivity index (χ0v) is 9.43. The van der Waals surface area contributed by atoms with E-state index in [4.69, 9.17) is 0 Å². The van der Waals surface area contributed by atoms with Crippen molar-refractivity contribution in [3.05, 3.63) is 35.9 Å². The highest BCUT2D eigenvalue weighted by molar-refractivity contribution is 5.81. The van der Waals surface area contributed by atoms with Crippen LogP contribution in [0.4, 0.5) is 0 Å². The Morgan fingerprint density at radius 3 is 2.31 bits per heavy atom. The van der Waals surface area contributed by atoms with Gasteiger partial charge in [0.15, 0.2) is 0 Å². The molecule has 16 heavy (non-hydrogen) atoms. The molecule has 2 heteroatoms. The topological polar surface area (TPSA) is 20.3 Å². The molecule has 2 unspecified atom stereocenters. The Morgan fingerprint density at radius 1 is 1.06 bits per heavy atom. The molecule has 1 aromatic carbocycles. The van der Waals surface area contributed by atoms with E-state index >= 15 is 0 Å². The molecule has 0 bridgehead atoms. The number of carbonyl (C=O) groups excluding carboxylic acids is 1. The zero-order chi connectivity index (χ0) is 11.0. The summed E-state index contributed by atoms with van der Waals surface area (Å²) in [4.78, 5) is 13.8. The predicted molar refractivity (Wildman–Crippen MR) is 62.9 cm³/mol. The van der Waals surface area contributed by atoms with Crippen molar-refractivity contribution in [2.24, 2.45) is 11.8 Å². The number of benzene rings is 1. The van der Waals surface area contributed by atoms with Crippen LogP contribution in [0.3, 0.4) is 0 Å². The summed E-state index contributed by atoms with van der Waals surface area (Å²) in [6.45, 7) is 3.28. The van der Waals surface area contributed by atoms with Gasteiger partial charge in [-0.3, -0.25) is 9.69 Å². The van der Waals surface area contributed by atoms with Crippen molar-refractivity contribution in [2.45, 2.75) is 19.4 Å². The van der Waals surface area contributed by atoms with Crippen molar-refractivity contribution >= 4 is 5.78 Å². The minimum Gasteiger partial charge on any atom is -0.300 e. The van der Waals surface area contributed by atoms with Crippen molar-refractivity contribution in [1.82, 2.24) is 4.90 Å². The molecule has 1 heterocycles. The quantitative estimate of drug-likeness (QED) is 0.753. The fourth-order valence-electron chi connectivity index (χ4n) is 3.14. The maximum absolute atomic E-state index is 11.3. The first-order valence-corrected chi connectivity index (χ1v) is 6.09. The minimum absolute atomic E-state index is 0.481. The molecule has 0 radical (unpaired) electrons. The second-order valence-corrected chi connectivity index (χ2v) is 5.15. The number of hydrogen-bond acceptors (Lipinski definition) is 2. The number of carbonyl (C=O) groups is 1. The standard InChI is InChI=1S/C14H17NO/c16-14-6-12-9-15(10-13(12)7-14)8-11-4-2-1-3-5-11/h1-5,12-13H,6-10H2. The van der Waals surface area contributed by atoms with Crippen LogP contribution in [-0.2, 0) is 11.3 Å². The largest absolute Gasteiger partial charge is 0.300 e. The van der Waals surface area contributed by atoms with Crippen LogP contribution in [0, 0.1) is 11.8 Å². The van der Waals surface area contributed by atoms with Gasteiger partial charge >= 0.3 is 0 Å². The summed E-state index contributed by atoms with van der Waals surface area (Å²) in [5, 5.41) is 0. The van der Waals surface area contributed by atoms with Gasteiger partial charge in [0.2, 0.25) is 0 Å². The molecule has 2 nitrogen and oxygen atoms in total. The molecule has 0 aromatic heterocycles. The van der Waals surface area contributed by atoms with Crippen LogP contribution in [0.2, 0.25) is 0 Å². The number of ketones is 1. The molecule has 3 rings (SSSR count). The van der Waals surface area contributed by atoms with Crippen LogP contribution in [0.25, 0.3) is 0 Å². The number of nitrogens with zero attached hydrogens (tertiary/aromatic N) is 1. The lowest BCUT2D eigenvalue weighted by atomic mass is 10.0. The van der Waals surface area contributed by atoms with Gasteiger partial charge in [-0.15, -0.1) is 0 Å². The van der Waals surface area contributed by atoms with E-state index in [2.05, 4.69) is 35.2 Å². The third kappa shape index (κ3) is 1.90. The monoisotopic (exact) mass is 215 g/mol. The van der Waals surface area contributed by atoms with Crippen molar-refractivity contribution in [2.75, 3.05) is 13.1 Å². The zero-order valence-electron chi connectivity index (χ0n) is 9.43. The van der Waals surface area contributed by atoms with E-state index in [0.29, 0.717) is 17.6 Å². The highest BCUT2D eigenvalue weighted by Gasteiger charge is 2.39. The molecule has 2 aliphatic rings. The van der Waals surface area contributed by atoms with Gasteiger partial charge in [0, 0.05) is 32.5 Å². The Balaban J connectivity index is 1.62. The molecular formula is C14H17NO. The van der Waals surface area contributed by atoms with Gasteiger partial charge in [-0.05, 0) is 17.4 Å². The van der Waals surface area contributed by atoms with Gasteiger partial charge in [0.25, 0.3) is 0 Å². The molecule has 0 amide bonds. The van der Waals surface area contributed by atoms with Crippen molar-refractivity contribution < 1.29 is 4.79 Å². The maximum Gasteiger partial charge on any atom is 0.133 e. The molecule has 1 saturated heterocycles. The second kappa shape index (κ2) is 4.02. The maximum atomic E-state index is 11.3. The Morgan fingerprint density at radius 2 is 1.69 bits per heavy atom. The fourth-order valence-corrected chi connectivity index (χ4v) is 3.14. The summed E-state index contributed by atoms with van der Waals surface area (Å²) in [5.41, 5.74) is 1.38. The number of Topliss-reactive ketones (excluding diaryl/α,β-unsaturated/α-hetero) is 1. The van der Waals surface area contributed by atoms with Crippen LogP contribution in [0.5, 0.6) is 0 Å². The Labute approximate surface area is 96.3 Å². The summed E-state index contributed by atoms with van der Waals surface area (Å²) in [6.07, 6.45) is 1.66. The molecule has 2 atom stereocenters. The van der Waals surface area contributed by atoms with Gasteiger partial charge in [0.05, 0.1) is 0 Å². The summed E-state index contributed by atoms with van der Waals surface area (Å²) in [7, 11) is 0. The lowest BCUT2D eigenvalue weighted by Crippen LogP contribution is -2.21. The van der Waals surface area contributed by atoms with E-state index in [0.717, 1.165) is 32.5 Å². The Kier molecular flexibility index (Phi) is 2.52. The van der Waals surface area contributed by atoms with E-state index in [1.54, 1.807) is 0 Å². The van der Waals surface area contributed by atoms with Gasteiger partial charge < -0.3 is 0 Å². The molecular weight excluding hydrogens is 198 g/mol. The van der Waals surface area contributed by atoms with Crippen LogP contribution in [0.1, 0.15) is 18.4 Å². The van der Waals surface area contributed by atoms with Gasteiger partial charge in [-0.1, -0.05) is 30.3 Å². The molecule has 1 aliphatic heterocycles. The second-order valence-electron chi connectivity index (χ2n) is 5.15. The van der Waals surface area contributed by atoms with Crippen LogP contribution < -0.4 is 0 Å². The van der Waals surface area contributed by atoms with Crippen molar-refractivity contribution in [3.8, 4) is 0 Å². The first-order valence-electron chi connectivity index (χ1n) is 6.09. The van der Waals surface area contributed by atoms with Gasteiger partial charge in [-0.2, -0.15) is 0 Å². The van der Waals surface area contributed by atoms with Crippen LogP contribution in [0.15, 0.2) is 30.3 Å². The fraction of sp³-hybridized carbons (Fsp3) is 0.500.